The third-order valence-corrected chi connectivity index (χ3v) is 6.55. The molecule has 0 bridgehead atoms. The topological polar surface area (TPSA) is 77.5 Å². The van der Waals surface area contributed by atoms with E-state index in [0.717, 1.165) is 58.6 Å². The molecule has 170 valence electrons. The summed E-state index contributed by atoms with van der Waals surface area (Å²) in [6.45, 7) is 1.76. The van der Waals surface area contributed by atoms with Crippen LogP contribution in [0.25, 0.3) is 21.5 Å². The van der Waals surface area contributed by atoms with Gasteiger partial charge >= 0.3 is 6.16 Å². The molecule has 0 unspecified atom stereocenters. The van der Waals surface area contributed by atoms with Crippen LogP contribution in [0, 0.1) is 0 Å². The van der Waals surface area contributed by atoms with Crippen molar-refractivity contribution < 1.29 is 28.8 Å². The van der Waals surface area contributed by atoms with Crippen LogP contribution in [0.4, 0.5) is 4.79 Å². The molecule has 5 rings (SSSR count). The Hall–Kier alpha value is -2.74. The van der Waals surface area contributed by atoms with Crippen LogP contribution in [-0.4, -0.2) is 50.1 Å². The van der Waals surface area contributed by atoms with E-state index in [4.69, 9.17) is 14.2 Å². The number of nitrogens with zero attached hydrogens (tertiary/aromatic N) is 1. The highest BCUT2D eigenvalue weighted by Gasteiger charge is 2.39. The molecule has 2 aliphatic rings. The average molecular weight is 460 g/mol. The van der Waals surface area contributed by atoms with Crippen LogP contribution >= 0.6 is 12.4 Å². The van der Waals surface area contributed by atoms with Crippen molar-refractivity contribution in [3.05, 3.63) is 41.5 Å². The maximum absolute atomic E-state index is 11.6. The highest BCUT2D eigenvalue weighted by Crippen LogP contribution is 2.47. The van der Waals surface area contributed by atoms with Gasteiger partial charge in [-0.1, -0.05) is 6.07 Å². The molecule has 32 heavy (non-hydrogen) atoms. The summed E-state index contributed by atoms with van der Waals surface area (Å²) in [4.78, 5) is 14.0. The number of hydrogen-bond acceptors (Lipinski definition) is 7. The van der Waals surface area contributed by atoms with Crippen molar-refractivity contribution in [1.82, 2.24) is 4.90 Å². The maximum Gasteiger partial charge on any atom is 0.513 e. The van der Waals surface area contributed by atoms with E-state index < -0.39 is 12.3 Å². The number of halogens is 1. The normalized spacial score (nSPS) is 19.8. The molecule has 2 aliphatic heterocycles. The molecule has 2 atom stereocenters. The molecule has 0 aromatic heterocycles. The van der Waals surface area contributed by atoms with Crippen LogP contribution in [0.3, 0.4) is 0 Å². The van der Waals surface area contributed by atoms with Crippen molar-refractivity contribution in [1.29, 1.82) is 0 Å². The average Bonchev–Trinajstić information content (AvgIpc) is 3.27. The standard InChI is InChI=1S/C24H25NO6.ClH/c1-28-20-10-16-15-9-13(31-24(27)30-3)6-7-14(15)22-18(17(16)11-21(20)29-2)12-25-8-4-5-19(25)23(22)26;/h6-7,9-11,19,23,26H,4-5,8,12H2,1-3H3;1H/t19-,23+;/m0./s1. The van der Waals surface area contributed by atoms with Crippen LogP contribution in [0.5, 0.6) is 17.2 Å². The lowest BCUT2D eigenvalue weighted by atomic mass is 9.83. The van der Waals surface area contributed by atoms with Gasteiger partial charge in [-0.2, -0.15) is 0 Å². The number of methoxy groups -OCH3 is 3. The van der Waals surface area contributed by atoms with Crippen molar-refractivity contribution in [2.24, 2.45) is 0 Å². The Morgan fingerprint density at radius 1 is 1.00 bits per heavy atom. The predicted octanol–water partition coefficient (Wildman–Crippen LogP) is 4.59. The number of fused-ring (bicyclic) bond motifs is 7. The van der Waals surface area contributed by atoms with Crippen molar-refractivity contribution in [3.63, 3.8) is 0 Å². The summed E-state index contributed by atoms with van der Waals surface area (Å²) in [5, 5.41) is 15.1. The largest absolute Gasteiger partial charge is 0.513 e. The Kier molecular flexibility index (Phi) is 6.07. The zero-order chi connectivity index (χ0) is 21.7. The Morgan fingerprint density at radius 3 is 2.38 bits per heavy atom. The first-order chi connectivity index (χ1) is 15.0. The number of ether oxygens (including phenoxy) is 4. The number of rotatable bonds is 3. The van der Waals surface area contributed by atoms with Crippen LogP contribution in [0.1, 0.15) is 30.1 Å². The lowest BCUT2D eigenvalue weighted by Gasteiger charge is -2.37. The molecule has 0 spiro atoms. The fraction of sp³-hybridized carbons (Fsp3) is 0.375. The van der Waals surface area contributed by atoms with Crippen molar-refractivity contribution in [2.45, 2.75) is 31.5 Å². The van der Waals surface area contributed by atoms with E-state index >= 15 is 0 Å². The summed E-state index contributed by atoms with van der Waals surface area (Å²) in [6, 6.07) is 9.51. The van der Waals surface area contributed by atoms with E-state index in [2.05, 4.69) is 9.64 Å². The van der Waals surface area contributed by atoms with Crippen LogP contribution < -0.4 is 14.2 Å². The highest BCUT2D eigenvalue weighted by atomic mass is 35.5. The molecule has 8 heteroatoms. The molecule has 1 N–H and O–H groups in total. The van der Waals surface area contributed by atoms with Gasteiger partial charge in [0.15, 0.2) is 11.5 Å². The summed E-state index contributed by atoms with van der Waals surface area (Å²) in [5.74, 6) is 1.63. The van der Waals surface area contributed by atoms with Crippen molar-refractivity contribution >= 4 is 40.1 Å². The summed E-state index contributed by atoms with van der Waals surface area (Å²) in [7, 11) is 4.50. The van der Waals surface area contributed by atoms with Crippen LogP contribution in [0.15, 0.2) is 30.3 Å². The van der Waals surface area contributed by atoms with Crippen LogP contribution in [-0.2, 0) is 11.3 Å². The number of carbonyl (C=O) groups is 1. The second kappa shape index (κ2) is 8.65. The molecule has 1 fully saturated rings. The zero-order valence-electron chi connectivity index (χ0n) is 18.2. The first-order valence-electron chi connectivity index (χ1n) is 10.4. The minimum absolute atomic E-state index is 0. The number of aliphatic hydroxyl groups excluding tert-OH is 1. The molecule has 2 heterocycles. The molecule has 0 radical (unpaired) electrons. The fourth-order valence-corrected chi connectivity index (χ4v) is 5.15. The van der Waals surface area contributed by atoms with Gasteiger partial charge in [0.05, 0.1) is 27.4 Å². The minimum atomic E-state index is -0.775. The number of aliphatic hydroxyl groups is 1. The quantitative estimate of drug-likeness (QED) is 0.348. The summed E-state index contributed by atoms with van der Waals surface area (Å²) < 4.78 is 21.0. The third-order valence-electron chi connectivity index (χ3n) is 6.55. The number of hydrogen-bond donors (Lipinski definition) is 1. The molecule has 0 saturated carbocycles. The third kappa shape index (κ3) is 3.41. The Labute approximate surface area is 192 Å². The predicted molar refractivity (Wildman–Crippen MR) is 123 cm³/mol. The second-order valence-electron chi connectivity index (χ2n) is 8.03. The zero-order valence-corrected chi connectivity index (χ0v) is 19.0. The molecular formula is C24H26ClNO6. The van der Waals surface area contributed by atoms with Crippen molar-refractivity contribution in [3.8, 4) is 17.2 Å². The van der Waals surface area contributed by atoms with E-state index in [9.17, 15) is 9.90 Å². The van der Waals surface area contributed by atoms with Gasteiger partial charge in [0.2, 0.25) is 0 Å². The molecule has 1 saturated heterocycles. The lowest BCUT2D eigenvalue weighted by Crippen LogP contribution is -2.39. The summed E-state index contributed by atoms with van der Waals surface area (Å²) in [5.41, 5.74) is 2.05. The Balaban J connectivity index is 0.00000245. The van der Waals surface area contributed by atoms with Crippen LogP contribution in [0.2, 0.25) is 0 Å². The lowest BCUT2D eigenvalue weighted by molar-refractivity contribution is 0.0552. The number of carbonyl (C=O) groups excluding carboxylic acids is 1. The fourth-order valence-electron chi connectivity index (χ4n) is 5.15. The van der Waals surface area contributed by atoms with Gasteiger partial charge in [0, 0.05) is 12.6 Å². The van der Waals surface area contributed by atoms with Gasteiger partial charge in [-0.3, -0.25) is 4.90 Å². The van der Waals surface area contributed by atoms with E-state index in [1.807, 2.05) is 24.3 Å². The Morgan fingerprint density at radius 2 is 1.69 bits per heavy atom. The van der Waals surface area contributed by atoms with Gasteiger partial charge < -0.3 is 24.1 Å². The molecular weight excluding hydrogens is 434 g/mol. The first-order valence-corrected chi connectivity index (χ1v) is 10.4. The van der Waals surface area contributed by atoms with E-state index in [1.165, 1.54) is 7.11 Å². The SMILES string of the molecule is COC(=O)Oc1ccc2c3c(c4cc(OC)c(OC)cc4c2c1)CN1CCC[C@H]1[C@H]3O.Cl. The van der Waals surface area contributed by atoms with E-state index in [0.29, 0.717) is 17.2 Å². The smallest absolute Gasteiger partial charge is 0.493 e. The van der Waals surface area contributed by atoms with E-state index in [-0.39, 0.29) is 18.4 Å². The molecule has 7 nitrogen and oxygen atoms in total. The number of benzene rings is 3. The van der Waals surface area contributed by atoms with E-state index in [1.54, 1.807) is 20.3 Å². The van der Waals surface area contributed by atoms with Gasteiger partial charge in [0.1, 0.15) is 5.75 Å². The summed E-state index contributed by atoms with van der Waals surface area (Å²) >= 11 is 0. The second-order valence-corrected chi connectivity index (χ2v) is 8.03. The highest BCUT2D eigenvalue weighted by molar-refractivity contribution is 6.12. The maximum atomic E-state index is 11.6. The first kappa shape index (κ1) is 22.5. The molecule has 3 aromatic rings. The molecule has 3 aromatic carbocycles. The van der Waals surface area contributed by atoms with Gasteiger partial charge in [-0.05, 0) is 76.3 Å². The molecule has 0 aliphatic carbocycles. The minimum Gasteiger partial charge on any atom is -0.493 e. The van der Waals surface area contributed by atoms with Gasteiger partial charge in [0.25, 0.3) is 0 Å². The summed E-state index contributed by atoms with van der Waals surface area (Å²) in [6.07, 6.45) is 0.705. The molecule has 0 amide bonds. The van der Waals surface area contributed by atoms with Gasteiger partial charge in [-0.25, -0.2) is 4.79 Å². The van der Waals surface area contributed by atoms with Crippen molar-refractivity contribution in [2.75, 3.05) is 27.9 Å². The van der Waals surface area contributed by atoms with Gasteiger partial charge in [-0.15, -0.1) is 12.4 Å². The monoisotopic (exact) mass is 459 g/mol. The Bertz CT molecular complexity index is 1200.